The summed E-state index contributed by atoms with van der Waals surface area (Å²) in [5.74, 6) is 0.170. The number of aliphatic hydroxyl groups excluding tert-OH is 1. The lowest BCUT2D eigenvalue weighted by Crippen LogP contribution is -2.52. The molecule has 336 valence electrons. The normalized spacial score (nSPS) is 19.0. The van der Waals surface area contributed by atoms with Crippen molar-refractivity contribution in [2.45, 2.75) is 56.8 Å². The van der Waals surface area contributed by atoms with Crippen molar-refractivity contribution in [1.82, 2.24) is 14.0 Å². The Labute approximate surface area is 379 Å². The van der Waals surface area contributed by atoms with E-state index < -0.39 is 25.7 Å². The highest BCUT2D eigenvalue weighted by Crippen LogP contribution is 2.60. The van der Waals surface area contributed by atoms with E-state index in [2.05, 4.69) is 32.2 Å². The van der Waals surface area contributed by atoms with Gasteiger partial charge in [0.1, 0.15) is 5.75 Å². The molecule has 65 heavy (non-hydrogen) atoms. The first-order valence-electron chi connectivity index (χ1n) is 21.7. The number of pyridine rings is 2. The molecule has 14 heteroatoms. The van der Waals surface area contributed by atoms with Crippen molar-refractivity contribution < 1.29 is 33.6 Å². The van der Waals surface area contributed by atoms with Crippen molar-refractivity contribution in [3.8, 4) is 28.6 Å². The van der Waals surface area contributed by atoms with Gasteiger partial charge in [-0.05, 0) is 83.4 Å². The summed E-state index contributed by atoms with van der Waals surface area (Å²) in [5, 5.41) is 11.3. The minimum atomic E-state index is -2.67. The van der Waals surface area contributed by atoms with Crippen LogP contribution in [-0.4, -0.2) is 79.6 Å². The number of ether oxygens (including phenoxy) is 4. The van der Waals surface area contributed by atoms with Crippen LogP contribution < -0.4 is 35.4 Å². The minimum absolute atomic E-state index is 0.0288. The first-order chi connectivity index (χ1) is 31.4. The molecular weight excluding hydrogens is 841 g/mol. The maximum absolute atomic E-state index is 15.7. The quantitative estimate of drug-likeness (QED) is 0.120. The van der Waals surface area contributed by atoms with Gasteiger partial charge in [0.25, 0.3) is 17.0 Å². The number of hydrogen-bond acceptors (Lipinski definition) is 9. The van der Waals surface area contributed by atoms with E-state index in [-0.39, 0.29) is 66.1 Å². The molecule has 1 N–H and O–H groups in total. The lowest BCUT2D eigenvalue weighted by atomic mass is 9.82. The average molecular weight is 895 g/mol. The molecule has 8 rings (SSSR count). The topological polar surface area (TPSA) is 142 Å². The number of benzene rings is 4. The van der Waals surface area contributed by atoms with Gasteiger partial charge in [-0.1, -0.05) is 79.8 Å². The Kier molecular flexibility index (Phi) is 12.7. The minimum Gasteiger partial charge on any atom is -0.497 e. The van der Waals surface area contributed by atoms with Gasteiger partial charge < -0.3 is 33.9 Å². The van der Waals surface area contributed by atoms with Crippen molar-refractivity contribution in [2.24, 2.45) is 5.92 Å². The number of hydrogen-bond donors (Lipinski definition) is 1. The molecule has 1 spiro atoms. The molecular formula is C51H54N4O9Si. The monoisotopic (exact) mass is 894 g/mol. The van der Waals surface area contributed by atoms with E-state index in [0.29, 0.717) is 29.2 Å². The predicted molar refractivity (Wildman–Crippen MR) is 252 cm³/mol. The molecule has 0 bridgehead atoms. The first-order valence-corrected chi connectivity index (χ1v) is 24.8. The van der Waals surface area contributed by atoms with Crippen molar-refractivity contribution in [3.63, 3.8) is 0 Å². The SMILES string of the molecule is COc1ccc([Si](C)(C)[C@@H]2[C@@H](CC(=O)N(CCO)Cc3ccccc3)O[C@]3(C(=O)N(Cc4ccc(-n5cccc(OC)c5=O)cc4)c4ccc(-n5cccc(OC)c5=O)cc43)[C@H]2C)cc1. The zero-order valence-electron chi connectivity index (χ0n) is 37.5. The molecule has 0 aliphatic carbocycles. The Bertz CT molecular complexity index is 2810. The first kappa shape index (κ1) is 44.8. The number of carbonyl (C=O) groups excluding carboxylic acids is 2. The van der Waals surface area contributed by atoms with E-state index in [1.54, 1.807) is 53.6 Å². The van der Waals surface area contributed by atoms with Gasteiger partial charge in [0, 0.05) is 48.3 Å². The van der Waals surface area contributed by atoms with Crippen molar-refractivity contribution in [1.29, 1.82) is 0 Å². The van der Waals surface area contributed by atoms with Gasteiger partial charge in [-0.15, -0.1) is 0 Å². The Hall–Kier alpha value is -6.74. The highest BCUT2D eigenvalue weighted by molar-refractivity contribution is 6.91. The fourth-order valence-electron chi connectivity index (χ4n) is 9.94. The van der Waals surface area contributed by atoms with Crippen LogP contribution in [0.25, 0.3) is 11.4 Å². The number of rotatable bonds is 15. The second-order valence-corrected chi connectivity index (χ2v) is 21.8. The number of anilines is 1. The van der Waals surface area contributed by atoms with Crippen LogP contribution in [0.4, 0.5) is 5.69 Å². The van der Waals surface area contributed by atoms with Crippen LogP contribution in [-0.2, 0) is 33.0 Å². The summed E-state index contributed by atoms with van der Waals surface area (Å²) in [5.41, 5.74) is 1.60. The second kappa shape index (κ2) is 18.4. The summed E-state index contributed by atoms with van der Waals surface area (Å²) < 4.78 is 26.5. The zero-order valence-corrected chi connectivity index (χ0v) is 38.5. The Morgan fingerprint density at radius 3 is 1.97 bits per heavy atom. The fourth-order valence-corrected chi connectivity index (χ4v) is 13.9. The van der Waals surface area contributed by atoms with Gasteiger partial charge >= 0.3 is 0 Å². The van der Waals surface area contributed by atoms with E-state index in [4.69, 9.17) is 18.9 Å². The maximum Gasteiger partial charge on any atom is 0.297 e. The summed E-state index contributed by atoms with van der Waals surface area (Å²) in [6, 6.07) is 37.3. The summed E-state index contributed by atoms with van der Waals surface area (Å²) in [6.07, 6.45) is 2.60. The molecule has 0 saturated carbocycles. The summed E-state index contributed by atoms with van der Waals surface area (Å²) in [7, 11) is 1.86. The number of nitrogens with zero attached hydrogens (tertiary/aromatic N) is 4. The summed E-state index contributed by atoms with van der Waals surface area (Å²) in [6.45, 7) is 6.95. The smallest absolute Gasteiger partial charge is 0.297 e. The van der Waals surface area contributed by atoms with Crippen molar-refractivity contribution in [3.05, 3.63) is 171 Å². The van der Waals surface area contributed by atoms with Crippen molar-refractivity contribution >= 4 is 30.8 Å². The van der Waals surface area contributed by atoms with E-state index in [1.165, 1.54) is 23.4 Å². The Morgan fingerprint density at radius 1 is 0.754 bits per heavy atom. The third-order valence-electron chi connectivity index (χ3n) is 13.2. The van der Waals surface area contributed by atoms with E-state index >= 15 is 4.79 Å². The number of amides is 2. The lowest BCUT2D eigenvalue weighted by Gasteiger charge is -2.37. The van der Waals surface area contributed by atoms with Gasteiger partial charge in [0.05, 0.1) is 60.8 Å². The van der Waals surface area contributed by atoms with Crippen LogP contribution in [0, 0.1) is 5.92 Å². The zero-order chi connectivity index (χ0) is 46.0. The fraction of sp³-hybridized carbons (Fsp3) is 0.294. The molecule has 4 atom stereocenters. The molecule has 1 fully saturated rings. The second-order valence-electron chi connectivity index (χ2n) is 17.1. The molecule has 1 saturated heterocycles. The largest absolute Gasteiger partial charge is 0.497 e. The summed E-state index contributed by atoms with van der Waals surface area (Å²) in [4.78, 5) is 60.5. The molecule has 6 aromatic rings. The molecule has 0 radical (unpaired) electrons. The lowest BCUT2D eigenvalue weighted by molar-refractivity contribution is -0.150. The van der Waals surface area contributed by atoms with Gasteiger partial charge in [-0.25, -0.2) is 0 Å². The van der Waals surface area contributed by atoms with Gasteiger partial charge in [-0.2, -0.15) is 0 Å². The van der Waals surface area contributed by atoms with Crippen molar-refractivity contribution in [2.75, 3.05) is 39.4 Å². The molecule has 4 heterocycles. The molecule has 2 aromatic heterocycles. The van der Waals surface area contributed by atoms with Crippen LogP contribution in [0.2, 0.25) is 18.6 Å². The number of fused-ring (bicyclic) bond motifs is 2. The molecule has 2 aliphatic rings. The highest BCUT2D eigenvalue weighted by atomic mass is 28.3. The van der Waals surface area contributed by atoms with Crippen LogP contribution in [0.5, 0.6) is 17.2 Å². The molecule has 4 aromatic carbocycles. The van der Waals surface area contributed by atoms with Gasteiger partial charge in [0.15, 0.2) is 17.1 Å². The Balaban J connectivity index is 1.24. The molecule has 2 aliphatic heterocycles. The highest BCUT2D eigenvalue weighted by Gasteiger charge is 2.66. The van der Waals surface area contributed by atoms with Gasteiger partial charge in [0.2, 0.25) is 5.91 Å². The van der Waals surface area contributed by atoms with Crippen LogP contribution in [0.1, 0.15) is 30.0 Å². The number of aromatic nitrogens is 2. The third-order valence-corrected chi connectivity index (χ3v) is 17.6. The average Bonchev–Trinajstić information content (AvgIpc) is 3.74. The number of aliphatic hydroxyl groups is 1. The molecule has 2 amide bonds. The molecule has 13 nitrogen and oxygen atoms in total. The van der Waals surface area contributed by atoms with Crippen LogP contribution in [0.3, 0.4) is 0 Å². The van der Waals surface area contributed by atoms with Gasteiger partial charge in [-0.3, -0.25) is 28.3 Å². The van der Waals surface area contributed by atoms with E-state index in [1.807, 2.05) is 84.9 Å². The van der Waals surface area contributed by atoms with Crippen LogP contribution >= 0.6 is 0 Å². The third kappa shape index (κ3) is 8.17. The number of methoxy groups -OCH3 is 3. The standard InChI is InChI=1S/C51H54N4O9Si/c1-34-47(65(5,6)40-23-21-39(61-2)22-24-40)45(31-46(57)52(28-29-56)32-35-12-8-7-9-13-35)64-51(34)41-30-38(54-27-11-15-44(63-4)49(54)59)20-25-42(41)55(50(51)60)33-36-16-18-37(19-17-36)53-26-10-14-43(62-3)48(53)58/h7-27,30,34,45,47,56H,28-29,31-33H2,1-6H3/t34-,45+,47-,51+/m0/s1. The maximum atomic E-state index is 15.7. The predicted octanol–water partition coefficient (Wildman–Crippen LogP) is 6.19. The number of carbonyl (C=O) groups is 2. The van der Waals surface area contributed by atoms with E-state index in [9.17, 15) is 19.5 Å². The Morgan fingerprint density at radius 2 is 1.37 bits per heavy atom. The summed E-state index contributed by atoms with van der Waals surface area (Å²) >= 11 is 0. The van der Waals surface area contributed by atoms with E-state index in [0.717, 1.165) is 22.1 Å². The molecule has 0 unspecified atom stereocenters. The van der Waals surface area contributed by atoms with Crippen LogP contribution in [0.15, 0.2) is 143 Å².